The average Bonchev–Trinajstić information content (AvgIpc) is 2.08. The third-order valence-electron chi connectivity index (χ3n) is 1.85. The van der Waals surface area contributed by atoms with Crippen LogP contribution in [0.25, 0.3) is 0 Å². The summed E-state index contributed by atoms with van der Waals surface area (Å²) in [4.78, 5) is 0. The van der Waals surface area contributed by atoms with Gasteiger partial charge in [0.05, 0.1) is 5.84 Å². The van der Waals surface area contributed by atoms with Gasteiger partial charge in [-0.15, -0.1) is 12.4 Å². The summed E-state index contributed by atoms with van der Waals surface area (Å²) in [5.41, 5.74) is 6.37. The van der Waals surface area contributed by atoms with Gasteiger partial charge >= 0.3 is 0 Å². The Morgan fingerprint density at radius 3 is 2.57 bits per heavy atom. The number of amidine groups is 1. The first-order valence-electron chi connectivity index (χ1n) is 4.26. The molecule has 78 valence electrons. The standard InChI is InChI=1S/C10H13ClN2.ClH/c11-9-6-2-1-4-8(9)5-3-7-10(12)13;/h1-2,4,6H,3,5,7H2,(H3,12,13);1H. The zero-order chi connectivity index (χ0) is 9.68. The molecule has 3 N–H and O–H groups in total. The first-order chi connectivity index (χ1) is 6.20. The Morgan fingerprint density at radius 1 is 1.36 bits per heavy atom. The van der Waals surface area contributed by atoms with Gasteiger partial charge in [0.25, 0.3) is 0 Å². The molecular formula is C10H14Cl2N2. The lowest BCUT2D eigenvalue weighted by Crippen LogP contribution is -2.09. The summed E-state index contributed by atoms with van der Waals surface area (Å²) >= 11 is 5.95. The number of rotatable bonds is 4. The van der Waals surface area contributed by atoms with Crippen LogP contribution >= 0.6 is 24.0 Å². The van der Waals surface area contributed by atoms with E-state index in [9.17, 15) is 0 Å². The molecule has 0 fully saturated rings. The van der Waals surface area contributed by atoms with Gasteiger partial charge in [-0.05, 0) is 24.5 Å². The number of benzene rings is 1. The minimum atomic E-state index is 0. The Bertz CT molecular complexity index is 300. The van der Waals surface area contributed by atoms with Gasteiger partial charge in [-0.25, -0.2) is 0 Å². The maximum absolute atomic E-state index is 7.06. The smallest absolute Gasteiger partial charge is 0.0905 e. The highest BCUT2D eigenvalue weighted by molar-refractivity contribution is 6.31. The molecule has 0 saturated carbocycles. The predicted octanol–water partition coefficient (Wildman–Crippen LogP) is 3.02. The van der Waals surface area contributed by atoms with E-state index >= 15 is 0 Å². The molecule has 0 unspecified atom stereocenters. The number of hydrogen-bond donors (Lipinski definition) is 2. The normalized spacial score (nSPS) is 9.21. The lowest BCUT2D eigenvalue weighted by Gasteiger charge is -2.02. The van der Waals surface area contributed by atoms with Gasteiger partial charge < -0.3 is 5.73 Å². The molecule has 0 spiro atoms. The van der Waals surface area contributed by atoms with Crippen LogP contribution in [0.4, 0.5) is 0 Å². The zero-order valence-corrected chi connectivity index (χ0v) is 9.37. The van der Waals surface area contributed by atoms with E-state index in [1.54, 1.807) is 0 Å². The van der Waals surface area contributed by atoms with Crippen LogP contribution in [0.3, 0.4) is 0 Å². The van der Waals surface area contributed by atoms with Gasteiger partial charge in [0.2, 0.25) is 0 Å². The Balaban J connectivity index is 0.00000169. The molecule has 0 aliphatic heterocycles. The molecule has 0 heterocycles. The third kappa shape index (κ3) is 4.49. The molecule has 0 aromatic heterocycles. The summed E-state index contributed by atoms with van der Waals surface area (Å²) in [5.74, 6) is 0.243. The summed E-state index contributed by atoms with van der Waals surface area (Å²) in [5, 5.41) is 7.86. The van der Waals surface area contributed by atoms with E-state index < -0.39 is 0 Å². The molecule has 0 aliphatic rings. The van der Waals surface area contributed by atoms with Crippen LogP contribution in [0, 0.1) is 5.41 Å². The van der Waals surface area contributed by atoms with Crippen LogP contribution in [0.2, 0.25) is 5.02 Å². The van der Waals surface area contributed by atoms with Crippen molar-refractivity contribution in [3.8, 4) is 0 Å². The van der Waals surface area contributed by atoms with E-state index in [-0.39, 0.29) is 18.2 Å². The van der Waals surface area contributed by atoms with Gasteiger partial charge in [-0.2, -0.15) is 0 Å². The summed E-state index contributed by atoms with van der Waals surface area (Å²) in [7, 11) is 0. The lowest BCUT2D eigenvalue weighted by atomic mass is 10.1. The van der Waals surface area contributed by atoms with E-state index in [0.29, 0.717) is 6.42 Å². The van der Waals surface area contributed by atoms with Gasteiger partial charge in [0.15, 0.2) is 0 Å². The van der Waals surface area contributed by atoms with Crippen molar-refractivity contribution in [3.05, 3.63) is 34.9 Å². The Hall–Kier alpha value is -0.730. The number of nitrogens with one attached hydrogen (secondary N) is 1. The molecular weight excluding hydrogens is 219 g/mol. The van der Waals surface area contributed by atoms with Crippen LogP contribution in [0.5, 0.6) is 0 Å². The van der Waals surface area contributed by atoms with Crippen LogP contribution in [-0.4, -0.2) is 5.84 Å². The number of halogens is 2. The van der Waals surface area contributed by atoms with Gasteiger partial charge in [-0.3, -0.25) is 5.41 Å². The monoisotopic (exact) mass is 232 g/mol. The first kappa shape index (κ1) is 13.3. The highest BCUT2D eigenvalue weighted by Crippen LogP contribution is 2.16. The van der Waals surface area contributed by atoms with Crippen LogP contribution in [-0.2, 0) is 6.42 Å². The van der Waals surface area contributed by atoms with Crippen molar-refractivity contribution in [2.24, 2.45) is 5.73 Å². The molecule has 14 heavy (non-hydrogen) atoms. The lowest BCUT2D eigenvalue weighted by molar-refractivity contribution is 0.857. The van der Waals surface area contributed by atoms with E-state index in [2.05, 4.69) is 0 Å². The minimum Gasteiger partial charge on any atom is -0.388 e. The van der Waals surface area contributed by atoms with Gasteiger partial charge in [-0.1, -0.05) is 29.8 Å². The molecule has 0 bridgehead atoms. The number of nitrogens with two attached hydrogens (primary N) is 1. The molecule has 4 heteroatoms. The van der Waals surface area contributed by atoms with Crippen molar-refractivity contribution in [2.45, 2.75) is 19.3 Å². The topological polar surface area (TPSA) is 49.9 Å². The minimum absolute atomic E-state index is 0. The maximum atomic E-state index is 7.06. The molecule has 0 aliphatic carbocycles. The molecule has 2 nitrogen and oxygen atoms in total. The third-order valence-corrected chi connectivity index (χ3v) is 2.22. The summed E-state index contributed by atoms with van der Waals surface area (Å²) in [6.45, 7) is 0. The maximum Gasteiger partial charge on any atom is 0.0905 e. The van der Waals surface area contributed by atoms with Gasteiger partial charge in [0.1, 0.15) is 0 Å². The molecule has 0 atom stereocenters. The molecule has 0 saturated heterocycles. The van der Waals surface area contributed by atoms with Crippen molar-refractivity contribution < 1.29 is 0 Å². The molecule has 0 radical (unpaired) electrons. The van der Waals surface area contributed by atoms with E-state index in [4.69, 9.17) is 22.7 Å². The molecule has 1 aromatic carbocycles. The van der Waals surface area contributed by atoms with Crippen LogP contribution in [0.15, 0.2) is 24.3 Å². The quantitative estimate of drug-likeness (QED) is 0.609. The summed E-state index contributed by atoms with van der Waals surface area (Å²) < 4.78 is 0. The van der Waals surface area contributed by atoms with E-state index in [0.717, 1.165) is 23.4 Å². The molecule has 1 rings (SSSR count). The van der Waals surface area contributed by atoms with Crippen LogP contribution in [0.1, 0.15) is 18.4 Å². The average molecular weight is 233 g/mol. The van der Waals surface area contributed by atoms with Crippen molar-refractivity contribution in [1.29, 1.82) is 5.41 Å². The van der Waals surface area contributed by atoms with Crippen molar-refractivity contribution in [3.63, 3.8) is 0 Å². The second kappa shape index (κ2) is 6.68. The molecule has 0 amide bonds. The zero-order valence-electron chi connectivity index (χ0n) is 7.79. The Kier molecular flexibility index (Phi) is 6.34. The largest absolute Gasteiger partial charge is 0.388 e. The SMILES string of the molecule is Cl.N=C(N)CCCc1ccccc1Cl. The summed E-state index contributed by atoms with van der Waals surface area (Å²) in [6, 6.07) is 7.76. The number of hydrogen-bond acceptors (Lipinski definition) is 1. The van der Waals surface area contributed by atoms with Crippen LogP contribution < -0.4 is 5.73 Å². The predicted molar refractivity (Wildman–Crippen MR) is 63.6 cm³/mol. The molecule has 1 aromatic rings. The summed E-state index contributed by atoms with van der Waals surface area (Å²) in [6.07, 6.45) is 2.42. The fraction of sp³-hybridized carbons (Fsp3) is 0.300. The number of aryl methyl sites for hydroxylation is 1. The Morgan fingerprint density at radius 2 is 2.00 bits per heavy atom. The first-order valence-corrected chi connectivity index (χ1v) is 4.64. The fourth-order valence-corrected chi connectivity index (χ4v) is 1.40. The van der Waals surface area contributed by atoms with Crippen molar-refractivity contribution in [2.75, 3.05) is 0 Å². The van der Waals surface area contributed by atoms with E-state index in [1.807, 2.05) is 24.3 Å². The highest BCUT2D eigenvalue weighted by Gasteiger charge is 1.98. The fourth-order valence-electron chi connectivity index (χ4n) is 1.17. The van der Waals surface area contributed by atoms with E-state index in [1.165, 1.54) is 0 Å². The second-order valence-electron chi connectivity index (χ2n) is 2.97. The second-order valence-corrected chi connectivity index (χ2v) is 3.38. The van der Waals surface area contributed by atoms with Gasteiger partial charge in [0, 0.05) is 11.4 Å². The highest BCUT2D eigenvalue weighted by atomic mass is 35.5. The van der Waals surface area contributed by atoms with Crippen molar-refractivity contribution in [1.82, 2.24) is 0 Å². The Labute approximate surface area is 95.4 Å². The van der Waals surface area contributed by atoms with Crippen molar-refractivity contribution >= 4 is 29.8 Å².